The van der Waals surface area contributed by atoms with E-state index in [1.165, 1.54) is 82.0 Å². The van der Waals surface area contributed by atoms with Gasteiger partial charge in [-0.05, 0) is 47.6 Å². The van der Waals surface area contributed by atoms with Gasteiger partial charge in [-0.15, -0.1) is 0 Å². The molecular weight excluding hydrogens is 567 g/mol. The first-order valence-electron chi connectivity index (χ1n) is 12.9. The Morgan fingerprint density at radius 3 is 1.19 bits per heavy atom. The number of hydrogen-bond acceptors (Lipinski definition) is 4. The first-order chi connectivity index (χ1) is 16.9. The topological polar surface area (TPSA) is 39.4 Å². The molecule has 0 aliphatic rings. The maximum Gasteiger partial charge on any atom is 2.00 e. The fourth-order valence-corrected chi connectivity index (χ4v) is 5.24. The Morgan fingerprint density at radius 1 is 0.667 bits per heavy atom. The number of unbranched alkanes of at least 4 members (excludes halogenated alkanes) is 4. The van der Waals surface area contributed by atoms with Crippen molar-refractivity contribution in [3.63, 3.8) is 0 Å². The van der Waals surface area contributed by atoms with E-state index < -0.39 is 11.5 Å². The maximum absolute atomic E-state index is 8.40. The number of benzene rings is 2. The quantitative estimate of drug-likeness (QED) is 0.122. The fourth-order valence-electron chi connectivity index (χ4n) is 3.83. The maximum atomic E-state index is 8.40. The van der Waals surface area contributed by atoms with Crippen molar-refractivity contribution in [1.29, 1.82) is 0 Å². The Hall–Kier alpha value is -0.496. The zero-order valence-corrected chi connectivity index (χ0v) is 26.6. The van der Waals surface area contributed by atoms with Crippen LogP contribution in [0.5, 0.6) is 0 Å². The molecule has 8 heteroatoms. The number of quaternary nitrogens is 1. The zero-order chi connectivity index (χ0) is 26.4. The summed E-state index contributed by atoms with van der Waals surface area (Å²) in [6.45, 7) is 15.0. The predicted molar refractivity (Wildman–Crippen MR) is 159 cm³/mol. The molecule has 0 saturated heterocycles. The molecule has 0 N–H and O–H groups in total. The van der Waals surface area contributed by atoms with Crippen molar-refractivity contribution in [3.8, 4) is 0 Å². The molecule has 2 aromatic rings. The Balaban J connectivity index is 0. The van der Waals surface area contributed by atoms with Crippen molar-refractivity contribution in [2.75, 3.05) is 26.2 Å². The van der Waals surface area contributed by atoms with Crippen LogP contribution < -0.4 is 0 Å². The molecule has 0 aliphatic heterocycles. The molecule has 0 radical (unpaired) electrons. The van der Waals surface area contributed by atoms with Crippen LogP contribution in [-0.4, -0.2) is 34.9 Å². The molecule has 0 aromatic heterocycles. The van der Waals surface area contributed by atoms with Gasteiger partial charge in [0.15, 0.2) is 0 Å². The van der Waals surface area contributed by atoms with Gasteiger partial charge in [-0.3, -0.25) is 0 Å². The van der Waals surface area contributed by atoms with E-state index in [-0.39, 0.29) is 16.5 Å². The van der Waals surface area contributed by atoms with E-state index in [2.05, 4.69) is 27.7 Å². The van der Waals surface area contributed by atoms with Crippen molar-refractivity contribution in [3.05, 3.63) is 53.3 Å². The van der Waals surface area contributed by atoms with Gasteiger partial charge in [-0.25, -0.2) is 4.21 Å². The van der Waals surface area contributed by atoms with Crippen molar-refractivity contribution in [1.82, 2.24) is 0 Å². The molecule has 0 unspecified atom stereocenters. The van der Waals surface area contributed by atoms with Crippen LogP contribution >= 0.6 is 11.8 Å². The van der Waals surface area contributed by atoms with E-state index in [1.54, 1.807) is 11.8 Å². The van der Waals surface area contributed by atoms with Gasteiger partial charge < -0.3 is 34.5 Å². The number of nitrogens with zero attached hydrogens (tertiary/aromatic N) is 2. The summed E-state index contributed by atoms with van der Waals surface area (Å²) in [5.41, 5.74) is 0. The summed E-state index contributed by atoms with van der Waals surface area (Å²) in [7, 11) is 0. The molecule has 0 heterocycles. The number of rotatable bonds is 14. The van der Waals surface area contributed by atoms with E-state index in [9.17, 15) is 0 Å². The molecule has 0 saturated carbocycles. The van der Waals surface area contributed by atoms with Crippen LogP contribution in [0.1, 0.15) is 79.1 Å². The number of hydrogen-bond donors (Lipinski definition) is 0. The third kappa shape index (κ3) is 17.1. The Morgan fingerprint density at radius 2 is 0.944 bits per heavy atom. The third-order valence-corrected chi connectivity index (χ3v) is 7.98. The molecule has 36 heavy (non-hydrogen) atoms. The minimum Gasteiger partial charge on any atom is -0.779 e. The molecule has 2 rings (SSSR count). The Kier molecular flexibility index (Phi) is 26.0. The predicted octanol–water partition coefficient (Wildman–Crippen LogP) is 8.60. The second-order valence-corrected chi connectivity index (χ2v) is 10.8. The van der Waals surface area contributed by atoms with Crippen LogP contribution in [0.3, 0.4) is 0 Å². The van der Waals surface area contributed by atoms with E-state index in [0.29, 0.717) is 0 Å². The SMILES string of the molecule is CCCC[N+](CCCC)(CCCC)CCCC.[N-]=S=O.[Ni+2].[S-]c1ccccc1Sc1ccccc1[S-]. The molecule has 0 bridgehead atoms. The molecule has 206 valence electrons. The van der Waals surface area contributed by atoms with Gasteiger partial charge in [0.1, 0.15) is 0 Å². The van der Waals surface area contributed by atoms with Gasteiger partial charge in [0.05, 0.1) is 26.2 Å². The summed E-state index contributed by atoms with van der Waals surface area (Å²) in [5, 5.41) is 0. The average molecular weight is 612 g/mol. The van der Waals surface area contributed by atoms with Crippen LogP contribution in [-0.2, 0) is 53.2 Å². The first kappa shape index (κ1) is 37.7. The van der Waals surface area contributed by atoms with Crippen LogP contribution in [0.2, 0.25) is 0 Å². The van der Waals surface area contributed by atoms with Crippen molar-refractivity contribution in [2.45, 2.75) is 98.6 Å². The largest absolute Gasteiger partial charge is 2.00 e. The minimum absolute atomic E-state index is 0. The molecule has 2 aromatic carbocycles. The molecule has 0 atom stereocenters. The normalized spacial score (nSPS) is 10.2. The summed E-state index contributed by atoms with van der Waals surface area (Å²) in [6, 6.07) is 15.8. The average Bonchev–Trinajstić information content (AvgIpc) is 2.87. The molecule has 0 spiro atoms. The van der Waals surface area contributed by atoms with Crippen LogP contribution in [0, 0.1) is 0 Å². The summed E-state index contributed by atoms with van der Waals surface area (Å²) in [6.07, 6.45) is 11.1. The van der Waals surface area contributed by atoms with Gasteiger partial charge >= 0.3 is 16.5 Å². The Bertz CT molecular complexity index is 752. The van der Waals surface area contributed by atoms with E-state index in [0.717, 1.165) is 19.6 Å². The monoisotopic (exact) mass is 610 g/mol. The molecule has 0 aliphatic carbocycles. The van der Waals surface area contributed by atoms with E-state index >= 15 is 0 Å². The standard InChI is InChI=1S/C16H36N.C12H10S3.NOS.Ni/c1-5-9-13-17(14-10-6-2,15-11-7-3)16-12-8-4;13-9-5-1-3-7-11(9)15-12-8-4-2-6-10(12)14;1-3-2;/h5-16H2,1-4H3;1-8,13-14H;;/q+1;;-1;+2/p-2. The van der Waals surface area contributed by atoms with Gasteiger partial charge in [0, 0.05) is 0 Å². The molecule has 0 fully saturated rings. The molecule has 0 amide bonds. The van der Waals surface area contributed by atoms with E-state index in [4.69, 9.17) is 34.2 Å². The zero-order valence-electron chi connectivity index (χ0n) is 22.4. The van der Waals surface area contributed by atoms with Gasteiger partial charge in [0.2, 0.25) is 0 Å². The van der Waals surface area contributed by atoms with Crippen molar-refractivity contribution in [2.24, 2.45) is 0 Å². The van der Waals surface area contributed by atoms with E-state index in [1.807, 2.05) is 48.5 Å². The second-order valence-electron chi connectivity index (χ2n) is 8.72. The van der Waals surface area contributed by atoms with Crippen LogP contribution in [0.15, 0.2) is 68.1 Å². The minimum atomic E-state index is -0.500. The Labute approximate surface area is 250 Å². The van der Waals surface area contributed by atoms with Gasteiger partial charge in [-0.1, -0.05) is 113 Å². The summed E-state index contributed by atoms with van der Waals surface area (Å²) in [4.78, 5) is 3.93. The van der Waals surface area contributed by atoms with Gasteiger partial charge in [-0.2, -0.15) is 9.79 Å². The summed E-state index contributed by atoms with van der Waals surface area (Å²) < 4.78 is 16.8. The fraction of sp³-hybridized carbons (Fsp3) is 0.571. The molecular formula is C28H44N2NiOS4. The third-order valence-electron chi connectivity index (χ3n) is 5.86. The van der Waals surface area contributed by atoms with Crippen molar-refractivity contribution < 1.29 is 25.2 Å². The van der Waals surface area contributed by atoms with Crippen molar-refractivity contribution >= 4 is 48.5 Å². The summed E-state index contributed by atoms with van der Waals surface area (Å²) in [5.74, 6) is 0. The van der Waals surface area contributed by atoms with Crippen LogP contribution in [0.25, 0.3) is 4.78 Å². The second kappa shape index (κ2) is 24.8. The van der Waals surface area contributed by atoms with Gasteiger partial charge in [0.25, 0.3) is 0 Å². The van der Waals surface area contributed by atoms with Crippen LogP contribution in [0.4, 0.5) is 0 Å². The first-order valence-corrected chi connectivity index (χ1v) is 15.2. The summed E-state index contributed by atoms with van der Waals surface area (Å²) >= 11 is 11.6. The smallest absolute Gasteiger partial charge is 0.779 e. The molecule has 3 nitrogen and oxygen atoms in total.